The number of aliphatic imine (C=N–C) groups is 1. The summed E-state index contributed by atoms with van der Waals surface area (Å²) in [5.74, 6) is 1.13. The molecule has 1 saturated heterocycles. The van der Waals surface area contributed by atoms with Crippen LogP contribution in [0.3, 0.4) is 0 Å². The van der Waals surface area contributed by atoms with Gasteiger partial charge in [-0.25, -0.2) is 0 Å². The first kappa shape index (κ1) is 22.2. The maximum absolute atomic E-state index is 12.2. The minimum Gasteiger partial charge on any atom is -0.381 e. The van der Waals surface area contributed by atoms with E-state index in [0.29, 0.717) is 11.9 Å². The number of rotatable bonds is 5. The lowest BCUT2D eigenvalue weighted by molar-refractivity contribution is -0.115. The fourth-order valence-electron chi connectivity index (χ4n) is 2.67. The van der Waals surface area contributed by atoms with Crippen molar-refractivity contribution < 1.29 is 9.53 Å². The van der Waals surface area contributed by atoms with Crippen molar-refractivity contribution >= 4 is 57.5 Å². The molecular weight excluding hydrogens is 499 g/mol. The number of guanidine groups is 1. The average molecular weight is 525 g/mol. The molecule has 1 amide bonds. The van der Waals surface area contributed by atoms with Gasteiger partial charge in [0.2, 0.25) is 5.91 Å². The summed E-state index contributed by atoms with van der Waals surface area (Å²) in [6, 6.07) is 5.81. The van der Waals surface area contributed by atoms with Gasteiger partial charge in [-0.1, -0.05) is 22.0 Å². The molecule has 1 unspecified atom stereocenters. The molecule has 1 aliphatic heterocycles. The lowest BCUT2D eigenvalue weighted by atomic mass is 10.1. The van der Waals surface area contributed by atoms with Crippen LogP contribution in [0, 0.1) is 12.8 Å². The molecule has 0 bridgehead atoms. The summed E-state index contributed by atoms with van der Waals surface area (Å²) in [4.78, 5) is 18.5. The third-order valence-corrected chi connectivity index (χ3v) is 4.50. The zero-order valence-electron chi connectivity index (χ0n) is 14.8. The fraction of sp³-hybridized carbons (Fsp3) is 0.529. The highest BCUT2D eigenvalue weighted by Crippen LogP contribution is 2.20. The van der Waals surface area contributed by atoms with Crippen molar-refractivity contribution in [2.45, 2.75) is 13.3 Å². The maximum Gasteiger partial charge on any atom is 0.243 e. The van der Waals surface area contributed by atoms with Crippen LogP contribution in [-0.4, -0.2) is 57.2 Å². The molecule has 25 heavy (non-hydrogen) atoms. The van der Waals surface area contributed by atoms with Crippen LogP contribution in [0.4, 0.5) is 5.69 Å². The van der Waals surface area contributed by atoms with E-state index in [1.54, 1.807) is 7.05 Å². The van der Waals surface area contributed by atoms with Gasteiger partial charge in [-0.3, -0.25) is 9.79 Å². The van der Waals surface area contributed by atoms with Crippen molar-refractivity contribution in [3.05, 3.63) is 28.2 Å². The largest absolute Gasteiger partial charge is 0.381 e. The summed E-state index contributed by atoms with van der Waals surface area (Å²) >= 11 is 3.42. The molecule has 1 fully saturated rings. The smallest absolute Gasteiger partial charge is 0.243 e. The highest BCUT2D eigenvalue weighted by Gasteiger charge is 2.19. The summed E-state index contributed by atoms with van der Waals surface area (Å²) < 4.78 is 6.34. The quantitative estimate of drug-likeness (QED) is 0.353. The second-order valence-corrected chi connectivity index (χ2v) is 6.93. The van der Waals surface area contributed by atoms with Gasteiger partial charge in [0.1, 0.15) is 0 Å². The molecule has 1 aromatic rings. The van der Waals surface area contributed by atoms with Crippen LogP contribution in [0.5, 0.6) is 0 Å². The minimum atomic E-state index is -0.102. The van der Waals surface area contributed by atoms with E-state index in [-0.39, 0.29) is 36.4 Å². The molecule has 6 nitrogen and oxygen atoms in total. The molecule has 2 rings (SSSR count). The monoisotopic (exact) mass is 524 g/mol. The van der Waals surface area contributed by atoms with Crippen LogP contribution in [0.25, 0.3) is 0 Å². The maximum atomic E-state index is 12.2. The van der Waals surface area contributed by atoms with E-state index in [4.69, 9.17) is 4.74 Å². The van der Waals surface area contributed by atoms with Gasteiger partial charge in [-0.15, -0.1) is 24.0 Å². The predicted molar refractivity (Wildman–Crippen MR) is 116 cm³/mol. The van der Waals surface area contributed by atoms with E-state index in [1.165, 1.54) is 0 Å². The Bertz CT molecular complexity index is 606. The van der Waals surface area contributed by atoms with Crippen molar-refractivity contribution in [2.75, 3.05) is 45.7 Å². The molecule has 1 atom stereocenters. The summed E-state index contributed by atoms with van der Waals surface area (Å²) in [5, 5.41) is 6.03. The molecule has 1 aromatic carbocycles. The molecule has 8 heteroatoms. The molecule has 1 heterocycles. The number of hydrogen-bond acceptors (Lipinski definition) is 3. The molecule has 0 spiro atoms. The number of hydrogen-bond donors (Lipinski definition) is 2. The SMILES string of the molecule is CN=C(NCC(=O)Nc1cc(Br)ccc1C)N(C)CC1CCOC1.I. The normalized spacial score (nSPS) is 17.0. The van der Waals surface area contributed by atoms with Gasteiger partial charge in [0.05, 0.1) is 13.2 Å². The Hall–Kier alpha value is -0.870. The van der Waals surface area contributed by atoms with Gasteiger partial charge in [0, 0.05) is 43.3 Å². The number of ether oxygens (including phenoxy) is 1. The number of carbonyl (C=O) groups excluding carboxylic acids is 1. The van der Waals surface area contributed by atoms with Crippen LogP contribution < -0.4 is 10.6 Å². The second-order valence-electron chi connectivity index (χ2n) is 6.02. The van der Waals surface area contributed by atoms with Gasteiger partial charge >= 0.3 is 0 Å². The first-order valence-electron chi connectivity index (χ1n) is 8.05. The van der Waals surface area contributed by atoms with Crippen molar-refractivity contribution in [1.29, 1.82) is 0 Å². The van der Waals surface area contributed by atoms with Crippen molar-refractivity contribution in [1.82, 2.24) is 10.2 Å². The number of aryl methyl sites for hydroxylation is 1. The summed E-state index contributed by atoms with van der Waals surface area (Å²) in [7, 11) is 3.70. The highest BCUT2D eigenvalue weighted by atomic mass is 127. The summed E-state index contributed by atoms with van der Waals surface area (Å²) in [6.45, 7) is 4.63. The predicted octanol–water partition coefficient (Wildman–Crippen LogP) is 2.86. The fourth-order valence-corrected chi connectivity index (χ4v) is 3.03. The standard InChI is InChI=1S/C17H25BrN4O2.HI/c1-12-4-5-14(18)8-15(12)21-16(23)9-20-17(19-2)22(3)10-13-6-7-24-11-13;/h4-5,8,13H,6-7,9-11H2,1-3H3,(H,19,20)(H,21,23);1H. The van der Waals surface area contributed by atoms with Crippen LogP contribution in [0.1, 0.15) is 12.0 Å². The minimum absolute atomic E-state index is 0. The Labute approximate surface area is 174 Å². The molecule has 140 valence electrons. The van der Waals surface area contributed by atoms with E-state index < -0.39 is 0 Å². The topological polar surface area (TPSA) is 66.0 Å². The molecule has 2 N–H and O–H groups in total. The average Bonchev–Trinajstić information content (AvgIpc) is 3.04. The summed E-state index contributed by atoms with van der Waals surface area (Å²) in [5.41, 5.74) is 1.83. The molecular formula is C17H26BrIN4O2. The van der Waals surface area contributed by atoms with E-state index in [9.17, 15) is 4.79 Å². The molecule has 0 saturated carbocycles. The zero-order chi connectivity index (χ0) is 17.5. The van der Waals surface area contributed by atoms with Crippen LogP contribution in [0.15, 0.2) is 27.7 Å². The first-order chi connectivity index (χ1) is 11.5. The lowest BCUT2D eigenvalue weighted by Crippen LogP contribution is -2.44. The van der Waals surface area contributed by atoms with Crippen LogP contribution >= 0.6 is 39.9 Å². The molecule has 0 aliphatic carbocycles. The van der Waals surface area contributed by atoms with E-state index in [1.807, 2.05) is 37.1 Å². The van der Waals surface area contributed by atoms with Gasteiger partial charge in [-0.05, 0) is 31.0 Å². The van der Waals surface area contributed by atoms with Crippen LogP contribution in [-0.2, 0) is 9.53 Å². The van der Waals surface area contributed by atoms with Crippen LogP contribution in [0.2, 0.25) is 0 Å². The number of halogens is 2. The van der Waals surface area contributed by atoms with E-state index >= 15 is 0 Å². The third kappa shape index (κ3) is 7.10. The van der Waals surface area contributed by atoms with Gasteiger partial charge in [-0.2, -0.15) is 0 Å². The van der Waals surface area contributed by atoms with Gasteiger partial charge in [0.15, 0.2) is 5.96 Å². The van der Waals surface area contributed by atoms with E-state index in [2.05, 4.69) is 31.6 Å². The summed E-state index contributed by atoms with van der Waals surface area (Å²) in [6.07, 6.45) is 1.07. The Morgan fingerprint density at radius 3 is 2.88 bits per heavy atom. The Morgan fingerprint density at radius 2 is 2.24 bits per heavy atom. The second kappa shape index (κ2) is 11.0. The lowest BCUT2D eigenvalue weighted by Gasteiger charge is -2.24. The number of nitrogens with one attached hydrogen (secondary N) is 2. The number of benzene rings is 1. The molecule has 0 aromatic heterocycles. The molecule has 1 aliphatic rings. The number of nitrogens with zero attached hydrogens (tertiary/aromatic N) is 2. The van der Waals surface area contributed by atoms with Gasteiger partial charge < -0.3 is 20.3 Å². The number of carbonyl (C=O) groups is 1. The van der Waals surface area contributed by atoms with Crippen molar-refractivity contribution in [3.8, 4) is 0 Å². The van der Waals surface area contributed by atoms with Crippen molar-refractivity contribution in [3.63, 3.8) is 0 Å². The van der Waals surface area contributed by atoms with E-state index in [0.717, 1.165) is 41.9 Å². The highest BCUT2D eigenvalue weighted by molar-refractivity contribution is 14.0. The number of amides is 1. The van der Waals surface area contributed by atoms with Crippen molar-refractivity contribution in [2.24, 2.45) is 10.9 Å². The third-order valence-electron chi connectivity index (χ3n) is 4.01. The first-order valence-corrected chi connectivity index (χ1v) is 8.84. The molecule has 0 radical (unpaired) electrons. The Morgan fingerprint density at radius 1 is 1.48 bits per heavy atom. The zero-order valence-corrected chi connectivity index (χ0v) is 18.8. The Balaban J connectivity index is 0.00000312. The Kier molecular flexibility index (Phi) is 9.73. The van der Waals surface area contributed by atoms with Gasteiger partial charge in [0.25, 0.3) is 0 Å². The number of anilines is 1.